The molecule has 0 unspecified atom stereocenters. The molecule has 8 nitrogen and oxygen atoms in total. The van der Waals surface area contributed by atoms with Crippen molar-refractivity contribution < 1.29 is 9.72 Å². The summed E-state index contributed by atoms with van der Waals surface area (Å²) >= 11 is 7.23. The fourth-order valence-electron chi connectivity index (χ4n) is 2.35. The Morgan fingerprint density at radius 1 is 1.46 bits per heavy atom. The molecule has 2 aromatic heterocycles. The molecule has 0 aliphatic rings. The van der Waals surface area contributed by atoms with Gasteiger partial charge >= 0.3 is 5.69 Å². The van der Waals surface area contributed by atoms with Crippen LogP contribution in [0.4, 0.5) is 10.8 Å². The number of amides is 1. The Balaban J connectivity index is 1.78. The zero-order chi connectivity index (χ0) is 17.4. The highest BCUT2D eigenvalue weighted by molar-refractivity contribution is 7.22. The Bertz CT molecular complexity index is 965. The lowest BCUT2D eigenvalue weighted by Gasteiger charge is -2.03. The zero-order valence-electron chi connectivity index (χ0n) is 12.7. The second kappa shape index (κ2) is 6.17. The topological polar surface area (TPSA) is 103 Å². The molecular weight excluding hydrogens is 354 g/mol. The monoisotopic (exact) mass is 365 g/mol. The van der Waals surface area contributed by atoms with Crippen molar-refractivity contribution in [3.63, 3.8) is 0 Å². The van der Waals surface area contributed by atoms with Crippen LogP contribution in [0.2, 0.25) is 5.02 Å². The highest BCUT2D eigenvalue weighted by atomic mass is 35.5. The first kappa shape index (κ1) is 16.3. The minimum Gasteiger partial charge on any atom is -0.300 e. The normalized spacial score (nSPS) is 11.0. The number of aromatic nitrogens is 3. The van der Waals surface area contributed by atoms with Crippen LogP contribution in [0.5, 0.6) is 0 Å². The molecule has 0 saturated heterocycles. The number of carbonyl (C=O) groups excluding carboxylic acids is 1. The first-order valence-corrected chi connectivity index (χ1v) is 8.09. The number of benzene rings is 1. The van der Waals surface area contributed by atoms with E-state index in [2.05, 4.69) is 15.4 Å². The van der Waals surface area contributed by atoms with E-state index in [1.54, 1.807) is 25.1 Å². The zero-order valence-corrected chi connectivity index (χ0v) is 14.3. The van der Waals surface area contributed by atoms with E-state index in [4.69, 9.17) is 11.6 Å². The molecule has 0 atom stereocenters. The summed E-state index contributed by atoms with van der Waals surface area (Å²) in [4.78, 5) is 27.0. The molecule has 1 N–H and O–H groups in total. The summed E-state index contributed by atoms with van der Waals surface area (Å²) in [5, 5.41) is 18.8. The molecule has 0 aliphatic carbocycles. The summed E-state index contributed by atoms with van der Waals surface area (Å²) in [5.41, 5.74) is 1.28. The Kier molecular flexibility index (Phi) is 4.20. The van der Waals surface area contributed by atoms with Gasteiger partial charge in [0, 0.05) is 5.02 Å². The number of nitrogens with one attached hydrogen (secondary N) is 1. The maximum Gasteiger partial charge on any atom is 0.312 e. The van der Waals surface area contributed by atoms with Gasteiger partial charge in [-0.3, -0.25) is 19.6 Å². The highest BCUT2D eigenvalue weighted by Gasteiger charge is 2.23. The Morgan fingerprint density at radius 3 is 2.88 bits per heavy atom. The summed E-state index contributed by atoms with van der Waals surface area (Å²) in [6.45, 7) is 2.97. The van der Waals surface area contributed by atoms with Crippen LogP contribution in [-0.4, -0.2) is 25.6 Å². The predicted octanol–water partition coefficient (Wildman–Crippen LogP) is 3.31. The predicted molar refractivity (Wildman–Crippen MR) is 91.6 cm³/mol. The van der Waals surface area contributed by atoms with Crippen molar-refractivity contribution in [2.45, 2.75) is 20.4 Å². The fraction of sp³-hybridized carbons (Fsp3) is 0.214. The van der Waals surface area contributed by atoms with Gasteiger partial charge in [0.2, 0.25) is 5.91 Å². The van der Waals surface area contributed by atoms with E-state index >= 15 is 0 Å². The number of rotatable bonds is 4. The first-order chi connectivity index (χ1) is 11.3. The molecule has 3 aromatic rings. The van der Waals surface area contributed by atoms with Crippen molar-refractivity contribution in [2.75, 3.05) is 5.32 Å². The molecule has 1 amide bonds. The van der Waals surface area contributed by atoms with Crippen LogP contribution in [0.3, 0.4) is 0 Å². The largest absolute Gasteiger partial charge is 0.312 e. The molecule has 24 heavy (non-hydrogen) atoms. The van der Waals surface area contributed by atoms with Crippen LogP contribution < -0.4 is 5.32 Å². The minimum atomic E-state index is -0.497. The summed E-state index contributed by atoms with van der Waals surface area (Å²) in [7, 11) is 0. The van der Waals surface area contributed by atoms with Crippen molar-refractivity contribution in [1.29, 1.82) is 0 Å². The maximum absolute atomic E-state index is 12.2. The number of thiazole rings is 1. The quantitative estimate of drug-likeness (QED) is 0.564. The lowest BCUT2D eigenvalue weighted by Crippen LogP contribution is -2.20. The summed E-state index contributed by atoms with van der Waals surface area (Å²) in [6, 6.07) is 5.27. The number of nitro groups is 1. The second-order valence-electron chi connectivity index (χ2n) is 5.11. The maximum atomic E-state index is 12.2. The molecule has 124 valence electrons. The van der Waals surface area contributed by atoms with E-state index in [0.29, 0.717) is 15.8 Å². The van der Waals surface area contributed by atoms with E-state index in [1.165, 1.54) is 22.9 Å². The molecule has 2 heterocycles. The van der Waals surface area contributed by atoms with Crippen molar-refractivity contribution in [3.05, 3.63) is 44.7 Å². The van der Waals surface area contributed by atoms with Gasteiger partial charge < -0.3 is 5.32 Å². The van der Waals surface area contributed by atoms with Gasteiger partial charge in [-0.1, -0.05) is 22.9 Å². The van der Waals surface area contributed by atoms with E-state index in [9.17, 15) is 14.9 Å². The minimum absolute atomic E-state index is 0.0718. The lowest BCUT2D eigenvalue weighted by molar-refractivity contribution is -0.386. The van der Waals surface area contributed by atoms with Gasteiger partial charge in [0.25, 0.3) is 0 Å². The summed E-state index contributed by atoms with van der Waals surface area (Å²) in [5.74, 6) is -0.361. The third-order valence-corrected chi connectivity index (χ3v) is 4.58. The molecule has 1 aromatic carbocycles. The SMILES string of the molecule is Cc1nn(CC(=O)Nc2nc3ccc(Cl)cc3s2)c(C)c1[N+](=O)[O-]. The Hall–Kier alpha value is -2.52. The molecule has 10 heteroatoms. The van der Waals surface area contributed by atoms with Gasteiger partial charge in [-0.05, 0) is 32.0 Å². The molecule has 0 fully saturated rings. The summed E-state index contributed by atoms with van der Waals surface area (Å²) in [6.07, 6.45) is 0. The van der Waals surface area contributed by atoms with Crippen LogP contribution >= 0.6 is 22.9 Å². The Labute approximate surface area is 145 Å². The third-order valence-electron chi connectivity index (χ3n) is 3.42. The standard InChI is InChI=1S/C14H12ClN5O3S/c1-7-13(20(22)23)8(2)19(18-7)6-12(21)17-14-16-10-4-3-9(15)5-11(10)24-14/h3-5H,6H2,1-2H3,(H,16,17,21). The van der Waals surface area contributed by atoms with Crippen molar-refractivity contribution >= 4 is 49.9 Å². The first-order valence-electron chi connectivity index (χ1n) is 6.89. The van der Waals surface area contributed by atoms with Crippen LogP contribution in [0.1, 0.15) is 11.4 Å². The van der Waals surface area contributed by atoms with Gasteiger partial charge in [-0.25, -0.2) is 4.98 Å². The second-order valence-corrected chi connectivity index (χ2v) is 6.58. The van der Waals surface area contributed by atoms with Crippen LogP contribution in [-0.2, 0) is 11.3 Å². The molecule has 0 spiro atoms. The van der Waals surface area contributed by atoms with Gasteiger partial charge in [0.15, 0.2) is 5.13 Å². The van der Waals surface area contributed by atoms with Gasteiger partial charge in [0.05, 0.1) is 15.1 Å². The molecule has 0 aliphatic heterocycles. The molecule has 3 rings (SSSR count). The van der Waals surface area contributed by atoms with Gasteiger partial charge in [-0.2, -0.15) is 5.10 Å². The molecule has 0 bridgehead atoms. The number of hydrogen-bond donors (Lipinski definition) is 1. The average molecular weight is 366 g/mol. The summed E-state index contributed by atoms with van der Waals surface area (Å²) < 4.78 is 2.17. The number of hydrogen-bond acceptors (Lipinski definition) is 6. The van der Waals surface area contributed by atoms with E-state index in [-0.39, 0.29) is 23.8 Å². The number of nitrogens with zero attached hydrogens (tertiary/aromatic N) is 4. The van der Waals surface area contributed by atoms with E-state index in [1.807, 2.05) is 0 Å². The lowest BCUT2D eigenvalue weighted by atomic mass is 10.3. The number of halogens is 1. The Morgan fingerprint density at radius 2 is 2.21 bits per heavy atom. The van der Waals surface area contributed by atoms with Crippen molar-refractivity contribution in [1.82, 2.24) is 14.8 Å². The van der Waals surface area contributed by atoms with Crippen molar-refractivity contribution in [2.24, 2.45) is 0 Å². The highest BCUT2D eigenvalue weighted by Crippen LogP contribution is 2.28. The molecular formula is C14H12ClN5O3S. The number of aryl methyl sites for hydroxylation is 1. The van der Waals surface area contributed by atoms with E-state index < -0.39 is 4.92 Å². The van der Waals surface area contributed by atoms with E-state index in [0.717, 1.165) is 10.2 Å². The number of anilines is 1. The van der Waals surface area contributed by atoms with Gasteiger partial charge in [0.1, 0.15) is 17.9 Å². The smallest absolute Gasteiger partial charge is 0.300 e. The molecule has 0 saturated carbocycles. The van der Waals surface area contributed by atoms with Crippen LogP contribution in [0, 0.1) is 24.0 Å². The number of carbonyl (C=O) groups is 1. The van der Waals surface area contributed by atoms with Crippen LogP contribution in [0.15, 0.2) is 18.2 Å². The third kappa shape index (κ3) is 3.08. The average Bonchev–Trinajstić information content (AvgIpc) is 2.98. The van der Waals surface area contributed by atoms with Crippen molar-refractivity contribution in [3.8, 4) is 0 Å². The fourth-order valence-corrected chi connectivity index (χ4v) is 3.51. The molecule has 0 radical (unpaired) electrons. The number of fused-ring (bicyclic) bond motifs is 1. The van der Waals surface area contributed by atoms with Crippen LogP contribution in [0.25, 0.3) is 10.2 Å². The van der Waals surface area contributed by atoms with Gasteiger partial charge in [-0.15, -0.1) is 0 Å².